The summed E-state index contributed by atoms with van der Waals surface area (Å²) < 4.78 is 18.8. The third kappa shape index (κ3) is 2.24. The van der Waals surface area contributed by atoms with E-state index in [4.69, 9.17) is 0 Å². The second kappa shape index (κ2) is 4.74. The number of aromatic nitrogens is 3. The molecule has 0 atom stereocenters. The molecule has 7 heteroatoms. The van der Waals surface area contributed by atoms with Crippen LogP contribution in [0.5, 0.6) is 0 Å². The predicted octanol–water partition coefficient (Wildman–Crippen LogP) is 1.01. The van der Waals surface area contributed by atoms with Crippen molar-refractivity contribution in [2.24, 2.45) is 0 Å². The number of benzene rings is 1. The lowest BCUT2D eigenvalue weighted by Gasteiger charge is -2.01. The normalized spacial score (nSPS) is 10.1. The number of rotatable bonds is 3. The average Bonchev–Trinajstić information content (AvgIpc) is 2.86. The second-order valence-corrected chi connectivity index (χ2v) is 3.36. The van der Waals surface area contributed by atoms with E-state index in [1.54, 1.807) is 0 Å². The van der Waals surface area contributed by atoms with Gasteiger partial charge in [-0.1, -0.05) is 0 Å². The highest BCUT2D eigenvalue weighted by Gasteiger charge is 2.12. The quantitative estimate of drug-likeness (QED) is 0.599. The minimum absolute atomic E-state index is 0.144. The molecule has 1 aromatic carbocycles. The highest BCUT2D eigenvalue weighted by Crippen LogP contribution is 2.11. The van der Waals surface area contributed by atoms with Gasteiger partial charge in [-0.15, -0.1) is 5.10 Å². The molecule has 2 aromatic rings. The van der Waals surface area contributed by atoms with Crippen molar-refractivity contribution in [3.05, 3.63) is 41.7 Å². The Bertz CT molecular complexity index is 609. The number of nitrogens with zero attached hydrogens (tertiary/aromatic N) is 3. The Balaban J connectivity index is 2.42. The highest BCUT2D eigenvalue weighted by molar-refractivity contribution is 5.84. The van der Waals surface area contributed by atoms with Gasteiger partial charge in [0.05, 0.1) is 12.8 Å². The minimum Gasteiger partial charge on any atom is -0.463 e. The van der Waals surface area contributed by atoms with Gasteiger partial charge in [-0.3, -0.25) is 4.79 Å². The Hall–Kier alpha value is -2.57. The lowest BCUT2D eigenvalue weighted by atomic mass is 10.2. The van der Waals surface area contributed by atoms with E-state index in [0.29, 0.717) is 12.0 Å². The standard InChI is InChI=1S/C11H8FN3O3/c1-18-11(17)10-13-6-15(14-10)9-3-7(5-16)2-8(12)4-9/h2-6H,1H3. The topological polar surface area (TPSA) is 74.1 Å². The van der Waals surface area contributed by atoms with Gasteiger partial charge in [0.2, 0.25) is 0 Å². The number of halogens is 1. The number of carbonyl (C=O) groups is 2. The van der Waals surface area contributed by atoms with Gasteiger partial charge in [-0.05, 0) is 18.2 Å². The summed E-state index contributed by atoms with van der Waals surface area (Å²) in [6.07, 6.45) is 1.75. The summed E-state index contributed by atoms with van der Waals surface area (Å²) >= 11 is 0. The zero-order valence-corrected chi connectivity index (χ0v) is 9.33. The summed E-state index contributed by atoms with van der Waals surface area (Å²) in [4.78, 5) is 25.5. The second-order valence-electron chi connectivity index (χ2n) is 3.36. The fourth-order valence-electron chi connectivity index (χ4n) is 1.37. The molecular weight excluding hydrogens is 241 g/mol. The molecule has 0 spiro atoms. The first-order valence-electron chi connectivity index (χ1n) is 4.90. The van der Waals surface area contributed by atoms with Crippen molar-refractivity contribution in [3.63, 3.8) is 0 Å². The van der Waals surface area contributed by atoms with Gasteiger partial charge in [0.25, 0.3) is 5.82 Å². The van der Waals surface area contributed by atoms with E-state index in [0.717, 1.165) is 6.07 Å². The third-order valence-corrected chi connectivity index (χ3v) is 2.17. The Morgan fingerprint density at radius 3 is 2.89 bits per heavy atom. The minimum atomic E-state index is -0.694. The number of carbonyl (C=O) groups excluding carboxylic acids is 2. The maximum atomic E-state index is 13.2. The van der Waals surface area contributed by atoms with Gasteiger partial charge in [0.15, 0.2) is 0 Å². The van der Waals surface area contributed by atoms with Crippen LogP contribution < -0.4 is 0 Å². The van der Waals surface area contributed by atoms with E-state index in [-0.39, 0.29) is 11.4 Å². The maximum absolute atomic E-state index is 13.2. The molecule has 0 unspecified atom stereocenters. The van der Waals surface area contributed by atoms with Crippen molar-refractivity contribution < 1.29 is 18.7 Å². The zero-order chi connectivity index (χ0) is 13.1. The molecule has 6 nitrogen and oxygen atoms in total. The first-order valence-corrected chi connectivity index (χ1v) is 4.90. The first-order chi connectivity index (χ1) is 8.63. The Kier molecular flexibility index (Phi) is 3.13. The van der Waals surface area contributed by atoms with Crippen LogP contribution in [0.4, 0.5) is 4.39 Å². The molecule has 0 amide bonds. The summed E-state index contributed by atoms with van der Waals surface area (Å²) in [5.74, 6) is -1.42. The average molecular weight is 249 g/mol. The number of esters is 1. The van der Waals surface area contributed by atoms with Crippen molar-refractivity contribution in [2.75, 3.05) is 7.11 Å². The fourth-order valence-corrected chi connectivity index (χ4v) is 1.37. The number of ether oxygens (including phenoxy) is 1. The highest BCUT2D eigenvalue weighted by atomic mass is 19.1. The number of hydrogen-bond acceptors (Lipinski definition) is 5. The van der Waals surface area contributed by atoms with Crippen LogP contribution >= 0.6 is 0 Å². The zero-order valence-electron chi connectivity index (χ0n) is 9.33. The van der Waals surface area contributed by atoms with Crippen LogP contribution in [0.3, 0.4) is 0 Å². The largest absolute Gasteiger partial charge is 0.463 e. The molecule has 1 aromatic heterocycles. The molecule has 92 valence electrons. The molecule has 0 N–H and O–H groups in total. The molecule has 0 saturated heterocycles. The van der Waals surface area contributed by atoms with Crippen LogP contribution in [0.25, 0.3) is 5.69 Å². The molecule has 1 heterocycles. The molecule has 0 aliphatic carbocycles. The van der Waals surface area contributed by atoms with Gasteiger partial charge >= 0.3 is 5.97 Å². The van der Waals surface area contributed by atoms with E-state index in [9.17, 15) is 14.0 Å². The molecule has 18 heavy (non-hydrogen) atoms. The van der Waals surface area contributed by atoms with E-state index in [2.05, 4.69) is 14.8 Å². The first kappa shape index (κ1) is 11.9. The fraction of sp³-hybridized carbons (Fsp3) is 0.0909. The molecule has 0 saturated carbocycles. The number of aldehydes is 1. The number of methoxy groups -OCH3 is 1. The lowest BCUT2D eigenvalue weighted by Crippen LogP contribution is -2.05. The molecule has 0 bridgehead atoms. The van der Waals surface area contributed by atoms with Gasteiger partial charge in [0.1, 0.15) is 18.4 Å². The number of hydrogen-bond donors (Lipinski definition) is 0. The van der Waals surface area contributed by atoms with Gasteiger partial charge in [-0.2, -0.15) is 0 Å². The summed E-state index contributed by atoms with van der Waals surface area (Å²) in [6.45, 7) is 0. The van der Waals surface area contributed by atoms with Crippen molar-refractivity contribution in [1.82, 2.24) is 14.8 Å². The predicted molar refractivity (Wildman–Crippen MR) is 58.0 cm³/mol. The van der Waals surface area contributed by atoms with Crippen molar-refractivity contribution >= 4 is 12.3 Å². The van der Waals surface area contributed by atoms with Gasteiger partial charge in [0, 0.05) is 5.56 Å². The maximum Gasteiger partial charge on any atom is 0.377 e. The van der Waals surface area contributed by atoms with Crippen LogP contribution in [0, 0.1) is 5.82 Å². The summed E-state index contributed by atoms with van der Waals surface area (Å²) in [6, 6.07) is 3.68. The SMILES string of the molecule is COC(=O)c1ncn(-c2cc(F)cc(C=O)c2)n1. The third-order valence-electron chi connectivity index (χ3n) is 2.17. The van der Waals surface area contributed by atoms with Crippen molar-refractivity contribution in [3.8, 4) is 5.69 Å². The van der Waals surface area contributed by atoms with Gasteiger partial charge in [-0.25, -0.2) is 18.9 Å². The van der Waals surface area contributed by atoms with E-state index in [1.165, 1.54) is 30.3 Å². The van der Waals surface area contributed by atoms with Crippen LogP contribution in [0.2, 0.25) is 0 Å². The molecule has 0 aliphatic heterocycles. The van der Waals surface area contributed by atoms with E-state index < -0.39 is 11.8 Å². The Morgan fingerprint density at radius 2 is 2.22 bits per heavy atom. The van der Waals surface area contributed by atoms with Gasteiger partial charge < -0.3 is 4.74 Å². The molecule has 0 radical (unpaired) electrons. The molecular formula is C11H8FN3O3. The summed E-state index contributed by atoms with van der Waals surface area (Å²) in [5, 5.41) is 3.82. The van der Waals surface area contributed by atoms with Crippen molar-refractivity contribution in [1.29, 1.82) is 0 Å². The van der Waals surface area contributed by atoms with E-state index in [1.807, 2.05) is 0 Å². The van der Waals surface area contributed by atoms with E-state index >= 15 is 0 Å². The van der Waals surface area contributed by atoms with Crippen LogP contribution in [0.1, 0.15) is 21.0 Å². The van der Waals surface area contributed by atoms with Crippen molar-refractivity contribution in [2.45, 2.75) is 0 Å². The Labute approximate surface area is 101 Å². The smallest absolute Gasteiger partial charge is 0.377 e. The lowest BCUT2D eigenvalue weighted by molar-refractivity contribution is 0.0587. The molecule has 2 rings (SSSR count). The van der Waals surface area contributed by atoms with Crippen LogP contribution in [0.15, 0.2) is 24.5 Å². The summed E-state index contributed by atoms with van der Waals surface area (Å²) in [7, 11) is 1.20. The monoisotopic (exact) mass is 249 g/mol. The summed E-state index contributed by atoms with van der Waals surface area (Å²) in [5.41, 5.74) is 0.458. The van der Waals surface area contributed by atoms with Crippen LogP contribution in [-0.2, 0) is 4.74 Å². The molecule has 0 aliphatic rings. The molecule has 0 fully saturated rings. The van der Waals surface area contributed by atoms with Crippen LogP contribution in [-0.4, -0.2) is 34.1 Å². The Morgan fingerprint density at radius 1 is 1.44 bits per heavy atom.